The second-order valence-corrected chi connectivity index (χ2v) is 10.1. The van der Waals surface area contributed by atoms with Crippen LogP contribution in [0.15, 0.2) is 72.8 Å². The number of anilines is 1. The van der Waals surface area contributed by atoms with Gasteiger partial charge in [0.2, 0.25) is 0 Å². The Morgan fingerprint density at radius 3 is 2.28 bits per heavy atom. The van der Waals surface area contributed by atoms with Crippen LogP contribution in [-0.4, -0.2) is 43.8 Å². The highest BCUT2D eigenvalue weighted by molar-refractivity contribution is 5.54. The minimum Gasteiger partial charge on any atom is -0.497 e. The molecule has 4 rings (SSSR count). The summed E-state index contributed by atoms with van der Waals surface area (Å²) in [5.41, 5.74) is 4.63. The van der Waals surface area contributed by atoms with Gasteiger partial charge in [-0.25, -0.2) is 4.39 Å². The molecular formula is C31H39FN2O2. The van der Waals surface area contributed by atoms with Gasteiger partial charge in [-0.15, -0.1) is 0 Å². The van der Waals surface area contributed by atoms with Crippen molar-refractivity contribution in [3.8, 4) is 5.75 Å². The van der Waals surface area contributed by atoms with Crippen LogP contribution in [0.3, 0.4) is 0 Å². The maximum atomic E-state index is 13.8. The number of benzene rings is 3. The van der Waals surface area contributed by atoms with Gasteiger partial charge in [-0.1, -0.05) is 36.4 Å². The molecule has 1 aliphatic rings. The first-order chi connectivity index (χ1) is 17.4. The summed E-state index contributed by atoms with van der Waals surface area (Å²) in [6, 6.07) is 24.5. The minimum atomic E-state index is -0.226. The summed E-state index contributed by atoms with van der Waals surface area (Å²) in [6.45, 7) is 11.2. The van der Waals surface area contributed by atoms with Crippen molar-refractivity contribution in [2.24, 2.45) is 0 Å². The summed E-state index contributed by atoms with van der Waals surface area (Å²) in [5, 5.41) is 0. The largest absolute Gasteiger partial charge is 0.497 e. The number of halogens is 1. The molecule has 0 saturated carbocycles. The highest BCUT2D eigenvalue weighted by atomic mass is 19.1. The molecule has 1 aliphatic heterocycles. The molecule has 0 N–H and O–H groups in total. The van der Waals surface area contributed by atoms with Gasteiger partial charge in [0.25, 0.3) is 0 Å². The Morgan fingerprint density at radius 2 is 1.64 bits per heavy atom. The molecule has 2 atom stereocenters. The lowest BCUT2D eigenvalue weighted by atomic mass is 9.86. The molecule has 1 heterocycles. The highest BCUT2D eigenvalue weighted by Gasteiger charge is 2.36. The van der Waals surface area contributed by atoms with E-state index in [9.17, 15) is 4.39 Å². The molecule has 0 aliphatic carbocycles. The molecular weight excluding hydrogens is 451 g/mol. The Balaban J connectivity index is 1.74. The fourth-order valence-electron chi connectivity index (χ4n) is 5.42. The average molecular weight is 491 g/mol. The number of ether oxygens (including phenoxy) is 2. The first kappa shape index (κ1) is 26.2. The topological polar surface area (TPSA) is 24.9 Å². The number of methoxy groups -OCH3 is 1. The van der Waals surface area contributed by atoms with Crippen molar-refractivity contribution >= 4 is 5.69 Å². The third kappa shape index (κ3) is 5.91. The highest BCUT2D eigenvalue weighted by Crippen LogP contribution is 2.44. The third-order valence-corrected chi connectivity index (χ3v) is 7.17. The van der Waals surface area contributed by atoms with E-state index in [1.54, 1.807) is 7.11 Å². The van der Waals surface area contributed by atoms with E-state index in [0.717, 1.165) is 36.5 Å². The Bertz CT molecular complexity index is 1090. The molecule has 0 saturated heterocycles. The van der Waals surface area contributed by atoms with Gasteiger partial charge >= 0.3 is 0 Å². The lowest BCUT2D eigenvalue weighted by Gasteiger charge is -2.43. The summed E-state index contributed by atoms with van der Waals surface area (Å²) in [6.07, 6.45) is 0.695. The Hall–Kier alpha value is -2.89. The van der Waals surface area contributed by atoms with Crippen LogP contribution >= 0.6 is 0 Å². The van der Waals surface area contributed by atoms with E-state index in [1.165, 1.54) is 23.3 Å². The van der Waals surface area contributed by atoms with Gasteiger partial charge < -0.3 is 14.4 Å². The van der Waals surface area contributed by atoms with E-state index >= 15 is 0 Å². The van der Waals surface area contributed by atoms with Crippen LogP contribution in [0.2, 0.25) is 0 Å². The fourth-order valence-corrected chi connectivity index (χ4v) is 5.42. The van der Waals surface area contributed by atoms with Gasteiger partial charge in [-0.05, 0) is 87.2 Å². The Labute approximate surface area is 215 Å². The van der Waals surface area contributed by atoms with Gasteiger partial charge in [0.15, 0.2) is 0 Å². The predicted molar refractivity (Wildman–Crippen MR) is 145 cm³/mol. The molecule has 0 aromatic heterocycles. The number of nitrogens with zero attached hydrogens (tertiary/aromatic N) is 2. The fraction of sp³-hybridized carbons (Fsp3) is 0.419. The SMILES string of the molecule is COc1ccc2c(c1)CCN(c1ccc(F)cc1)C2C(OCCN(C(C)C)C(C)C)c1ccccc1. The smallest absolute Gasteiger partial charge is 0.123 e. The lowest BCUT2D eigenvalue weighted by molar-refractivity contribution is 0.00792. The molecule has 0 fully saturated rings. The van der Waals surface area contributed by atoms with E-state index in [0.29, 0.717) is 18.7 Å². The zero-order valence-corrected chi connectivity index (χ0v) is 22.2. The normalized spacial score (nSPS) is 16.5. The Morgan fingerprint density at radius 1 is 0.944 bits per heavy atom. The molecule has 3 aromatic carbocycles. The van der Waals surface area contributed by atoms with E-state index in [-0.39, 0.29) is 18.0 Å². The molecule has 0 radical (unpaired) electrons. The van der Waals surface area contributed by atoms with Gasteiger partial charge in [0.05, 0.1) is 19.8 Å². The molecule has 0 spiro atoms. The van der Waals surface area contributed by atoms with Crippen molar-refractivity contribution in [3.63, 3.8) is 0 Å². The van der Waals surface area contributed by atoms with Crippen molar-refractivity contribution in [1.29, 1.82) is 0 Å². The van der Waals surface area contributed by atoms with E-state index in [1.807, 2.05) is 24.3 Å². The monoisotopic (exact) mass is 490 g/mol. The summed E-state index contributed by atoms with van der Waals surface area (Å²) in [4.78, 5) is 4.83. The molecule has 36 heavy (non-hydrogen) atoms. The van der Waals surface area contributed by atoms with Crippen molar-refractivity contribution in [2.45, 2.75) is 58.3 Å². The van der Waals surface area contributed by atoms with Crippen LogP contribution in [0.4, 0.5) is 10.1 Å². The predicted octanol–water partition coefficient (Wildman–Crippen LogP) is 6.81. The van der Waals surface area contributed by atoms with Crippen LogP contribution in [0, 0.1) is 5.82 Å². The lowest BCUT2D eigenvalue weighted by Crippen LogP contribution is -2.42. The summed E-state index contributed by atoms with van der Waals surface area (Å²) < 4.78 is 26.1. The number of rotatable bonds is 10. The molecule has 4 nitrogen and oxygen atoms in total. The maximum Gasteiger partial charge on any atom is 0.123 e. The summed E-state index contributed by atoms with van der Waals surface area (Å²) in [7, 11) is 1.71. The first-order valence-corrected chi connectivity index (χ1v) is 13.0. The number of hydrogen-bond donors (Lipinski definition) is 0. The quantitative estimate of drug-likeness (QED) is 0.311. The maximum absolute atomic E-state index is 13.8. The average Bonchev–Trinajstić information content (AvgIpc) is 2.88. The van der Waals surface area contributed by atoms with Gasteiger partial charge in [0.1, 0.15) is 17.7 Å². The zero-order valence-electron chi connectivity index (χ0n) is 22.2. The standard InChI is InChI=1S/C31H39FN2O2/c1-22(2)33(23(3)4)19-20-36-31(24-9-7-6-8-10-24)30-29-16-15-28(35-5)21-25(29)17-18-34(30)27-13-11-26(32)12-14-27/h6-16,21-23,30-31H,17-20H2,1-5H3. The van der Waals surface area contributed by atoms with Crippen LogP contribution in [0.1, 0.15) is 56.5 Å². The third-order valence-electron chi connectivity index (χ3n) is 7.17. The molecule has 192 valence electrons. The second-order valence-electron chi connectivity index (χ2n) is 10.1. The molecule has 0 bridgehead atoms. The first-order valence-electron chi connectivity index (χ1n) is 13.0. The van der Waals surface area contributed by atoms with Crippen LogP contribution in [0.25, 0.3) is 0 Å². The molecule has 0 amide bonds. The van der Waals surface area contributed by atoms with Crippen LogP contribution in [-0.2, 0) is 11.2 Å². The van der Waals surface area contributed by atoms with E-state index in [2.05, 4.69) is 73.9 Å². The minimum absolute atomic E-state index is 0.0564. The molecule has 3 aromatic rings. The molecule has 2 unspecified atom stereocenters. The van der Waals surface area contributed by atoms with Gasteiger partial charge in [-0.2, -0.15) is 0 Å². The molecule has 5 heteroatoms. The van der Waals surface area contributed by atoms with Crippen molar-refractivity contribution < 1.29 is 13.9 Å². The van der Waals surface area contributed by atoms with Crippen molar-refractivity contribution in [1.82, 2.24) is 4.90 Å². The summed E-state index contributed by atoms with van der Waals surface area (Å²) >= 11 is 0. The van der Waals surface area contributed by atoms with Crippen molar-refractivity contribution in [2.75, 3.05) is 31.7 Å². The van der Waals surface area contributed by atoms with Crippen LogP contribution in [0.5, 0.6) is 5.75 Å². The number of hydrogen-bond acceptors (Lipinski definition) is 4. The number of fused-ring (bicyclic) bond motifs is 1. The van der Waals surface area contributed by atoms with E-state index < -0.39 is 0 Å². The van der Waals surface area contributed by atoms with Crippen LogP contribution < -0.4 is 9.64 Å². The zero-order chi connectivity index (χ0) is 25.7. The van der Waals surface area contributed by atoms with Gasteiger partial charge in [0, 0.05) is 30.9 Å². The summed E-state index contributed by atoms with van der Waals surface area (Å²) in [5.74, 6) is 0.639. The van der Waals surface area contributed by atoms with Crippen molar-refractivity contribution in [3.05, 3.63) is 95.3 Å². The Kier molecular flexibility index (Phi) is 8.65. The van der Waals surface area contributed by atoms with E-state index in [4.69, 9.17) is 9.47 Å². The van der Waals surface area contributed by atoms with Gasteiger partial charge in [-0.3, -0.25) is 4.90 Å². The second kappa shape index (κ2) is 11.9.